The highest BCUT2D eigenvalue weighted by Gasteiger charge is 2.15. The Morgan fingerprint density at radius 1 is 1.23 bits per heavy atom. The van der Waals surface area contributed by atoms with Crippen molar-refractivity contribution in [2.24, 2.45) is 4.99 Å². The third-order valence-corrected chi connectivity index (χ3v) is 5.36. The van der Waals surface area contributed by atoms with Crippen LogP contribution in [-0.2, 0) is 16.3 Å². The molecule has 0 heterocycles. The van der Waals surface area contributed by atoms with Crippen molar-refractivity contribution >= 4 is 15.8 Å². The average Bonchev–Trinajstić information content (AvgIpc) is 2.58. The van der Waals surface area contributed by atoms with E-state index in [9.17, 15) is 8.42 Å². The van der Waals surface area contributed by atoms with Crippen LogP contribution in [0.5, 0.6) is 0 Å². The molecule has 0 saturated heterocycles. The molecule has 0 aliphatic carbocycles. The summed E-state index contributed by atoms with van der Waals surface area (Å²) in [7, 11) is 2.90. The van der Waals surface area contributed by atoms with Gasteiger partial charge in [-0.2, -0.15) is 0 Å². The summed E-state index contributed by atoms with van der Waals surface area (Å²) in [6, 6.07) is 8.94. The van der Waals surface area contributed by atoms with Gasteiger partial charge in [0.2, 0.25) is 0 Å². The lowest BCUT2D eigenvalue weighted by Gasteiger charge is -2.27. The van der Waals surface area contributed by atoms with Crippen LogP contribution in [0.25, 0.3) is 0 Å². The highest BCUT2D eigenvalue weighted by atomic mass is 32.2. The fourth-order valence-corrected chi connectivity index (χ4v) is 3.44. The van der Waals surface area contributed by atoms with E-state index in [1.54, 1.807) is 7.05 Å². The molecule has 148 valence electrons. The second kappa shape index (κ2) is 10.5. The maximum Gasteiger partial charge on any atom is 0.191 e. The molecule has 0 bridgehead atoms. The number of rotatable bonds is 9. The molecule has 0 aliphatic rings. The van der Waals surface area contributed by atoms with Crippen LogP contribution in [0.2, 0.25) is 0 Å². The smallest absolute Gasteiger partial charge is 0.191 e. The van der Waals surface area contributed by atoms with Gasteiger partial charge in [-0.15, -0.1) is 0 Å². The molecule has 0 aliphatic heterocycles. The largest absolute Gasteiger partial charge is 0.354 e. The Hall–Kier alpha value is -1.60. The SMILES string of the molecule is CCc1ccc(C(CNC(=NC)NC(C)CCS(C)(=O)=O)N(C)C)cc1. The summed E-state index contributed by atoms with van der Waals surface area (Å²) >= 11 is 0. The summed E-state index contributed by atoms with van der Waals surface area (Å²) in [6.07, 6.45) is 2.85. The number of likely N-dealkylation sites (N-methyl/N-ethyl adjacent to an activating group) is 1. The van der Waals surface area contributed by atoms with E-state index in [0.717, 1.165) is 6.42 Å². The molecule has 26 heavy (non-hydrogen) atoms. The van der Waals surface area contributed by atoms with Crippen LogP contribution in [0, 0.1) is 0 Å². The third kappa shape index (κ3) is 8.19. The lowest BCUT2D eigenvalue weighted by Crippen LogP contribution is -2.45. The monoisotopic (exact) mass is 382 g/mol. The number of aliphatic imine (C=N–C) groups is 1. The highest BCUT2D eigenvalue weighted by Crippen LogP contribution is 2.18. The van der Waals surface area contributed by atoms with Gasteiger partial charge in [0.15, 0.2) is 5.96 Å². The van der Waals surface area contributed by atoms with Gasteiger partial charge in [0.25, 0.3) is 0 Å². The van der Waals surface area contributed by atoms with E-state index in [1.165, 1.54) is 17.4 Å². The van der Waals surface area contributed by atoms with E-state index < -0.39 is 9.84 Å². The van der Waals surface area contributed by atoms with Gasteiger partial charge in [-0.25, -0.2) is 8.42 Å². The molecule has 7 heteroatoms. The van der Waals surface area contributed by atoms with Gasteiger partial charge in [0.1, 0.15) is 9.84 Å². The molecule has 1 aromatic rings. The van der Waals surface area contributed by atoms with Gasteiger partial charge >= 0.3 is 0 Å². The van der Waals surface area contributed by atoms with Crippen LogP contribution < -0.4 is 10.6 Å². The van der Waals surface area contributed by atoms with E-state index >= 15 is 0 Å². The van der Waals surface area contributed by atoms with Crippen LogP contribution in [0.3, 0.4) is 0 Å². The Morgan fingerprint density at radius 3 is 2.31 bits per heavy atom. The topological polar surface area (TPSA) is 73.8 Å². The number of aryl methyl sites for hydroxylation is 1. The molecule has 6 nitrogen and oxygen atoms in total. The molecule has 2 N–H and O–H groups in total. The van der Waals surface area contributed by atoms with Crippen molar-refractivity contribution in [1.82, 2.24) is 15.5 Å². The van der Waals surface area contributed by atoms with Crippen molar-refractivity contribution in [3.05, 3.63) is 35.4 Å². The lowest BCUT2D eigenvalue weighted by atomic mass is 10.0. The number of nitrogens with one attached hydrogen (secondary N) is 2. The van der Waals surface area contributed by atoms with Crippen molar-refractivity contribution in [1.29, 1.82) is 0 Å². The molecular weight excluding hydrogens is 348 g/mol. The van der Waals surface area contributed by atoms with E-state index in [1.807, 2.05) is 6.92 Å². The maximum atomic E-state index is 11.3. The quantitative estimate of drug-likeness (QED) is 0.504. The summed E-state index contributed by atoms with van der Waals surface area (Å²) in [6.45, 7) is 4.82. The van der Waals surface area contributed by atoms with E-state index in [0.29, 0.717) is 18.9 Å². The first kappa shape index (κ1) is 22.4. The maximum absolute atomic E-state index is 11.3. The predicted octanol–water partition coefficient (Wildman–Crippen LogP) is 1.84. The fraction of sp³-hybridized carbons (Fsp3) is 0.632. The van der Waals surface area contributed by atoms with E-state index in [-0.39, 0.29) is 17.8 Å². The molecule has 0 amide bonds. The van der Waals surface area contributed by atoms with Crippen LogP contribution >= 0.6 is 0 Å². The first-order valence-electron chi connectivity index (χ1n) is 9.06. The minimum Gasteiger partial charge on any atom is -0.354 e. The number of hydrogen-bond acceptors (Lipinski definition) is 4. The molecule has 2 atom stereocenters. The first-order valence-corrected chi connectivity index (χ1v) is 11.1. The van der Waals surface area contributed by atoms with Crippen molar-refractivity contribution in [3.63, 3.8) is 0 Å². The van der Waals surface area contributed by atoms with Gasteiger partial charge in [0.05, 0.1) is 11.8 Å². The molecule has 1 rings (SSSR count). The molecule has 1 aromatic carbocycles. The Balaban J connectivity index is 2.65. The Labute approximate surface area is 159 Å². The zero-order valence-electron chi connectivity index (χ0n) is 16.9. The van der Waals surface area contributed by atoms with Crippen LogP contribution in [0.4, 0.5) is 0 Å². The summed E-state index contributed by atoms with van der Waals surface area (Å²) < 4.78 is 22.6. The molecule has 2 unspecified atom stereocenters. The van der Waals surface area contributed by atoms with Crippen LogP contribution in [0.1, 0.15) is 37.4 Å². The summed E-state index contributed by atoms with van der Waals surface area (Å²) in [5.74, 6) is 0.852. The van der Waals surface area contributed by atoms with Crippen molar-refractivity contribution in [2.75, 3.05) is 39.7 Å². The van der Waals surface area contributed by atoms with E-state index in [2.05, 4.69) is 65.8 Å². The van der Waals surface area contributed by atoms with Crippen molar-refractivity contribution in [3.8, 4) is 0 Å². The van der Waals surface area contributed by atoms with Gasteiger partial charge < -0.3 is 15.5 Å². The predicted molar refractivity (Wildman–Crippen MR) is 111 cm³/mol. The van der Waals surface area contributed by atoms with Gasteiger partial charge in [0, 0.05) is 25.9 Å². The number of guanidine groups is 1. The third-order valence-electron chi connectivity index (χ3n) is 4.39. The molecule has 0 spiro atoms. The first-order chi connectivity index (χ1) is 12.2. The minimum atomic E-state index is -2.95. The number of sulfone groups is 1. The normalized spacial score (nSPS) is 15.0. The number of nitrogens with zero attached hydrogens (tertiary/aromatic N) is 2. The number of hydrogen-bond donors (Lipinski definition) is 2. The summed E-state index contributed by atoms with van der Waals surface area (Å²) in [4.78, 5) is 6.43. The molecule has 0 saturated carbocycles. The van der Waals surface area contributed by atoms with Gasteiger partial charge in [-0.1, -0.05) is 31.2 Å². The lowest BCUT2D eigenvalue weighted by molar-refractivity contribution is 0.298. The zero-order valence-corrected chi connectivity index (χ0v) is 17.7. The highest BCUT2D eigenvalue weighted by molar-refractivity contribution is 7.90. The second-order valence-electron chi connectivity index (χ2n) is 6.99. The Bertz CT molecular complexity index is 669. The molecule has 0 radical (unpaired) electrons. The van der Waals surface area contributed by atoms with Crippen molar-refractivity contribution < 1.29 is 8.42 Å². The standard InChI is InChI=1S/C19H34N4O2S/c1-7-16-8-10-17(11-9-16)18(23(4)5)14-21-19(20-3)22-15(2)12-13-26(6,24)25/h8-11,15,18H,7,12-14H2,1-6H3,(H2,20,21,22). The minimum absolute atomic E-state index is 0.0255. The average molecular weight is 383 g/mol. The van der Waals surface area contributed by atoms with Crippen LogP contribution in [-0.4, -0.2) is 65.0 Å². The number of benzene rings is 1. The summed E-state index contributed by atoms with van der Waals surface area (Å²) in [5.41, 5.74) is 2.58. The van der Waals surface area contributed by atoms with Gasteiger partial charge in [-0.3, -0.25) is 4.99 Å². The molecule has 0 fully saturated rings. The van der Waals surface area contributed by atoms with Crippen LogP contribution in [0.15, 0.2) is 29.3 Å². The Morgan fingerprint density at radius 2 is 1.85 bits per heavy atom. The molecular formula is C19H34N4O2S. The van der Waals surface area contributed by atoms with Crippen molar-refractivity contribution in [2.45, 2.75) is 38.8 Å². The Kier molecular flexibility index (Phi) is 9.08. The molecule has 0 aromatic heterocycles. The van der Waals surface area contributed by atoms with E-state index in [4.69, 9.17) is 0 Å². The zero-order chi connectivity index (χ0) is 19.7. The summed E-state index contributed by atoms with van der Waals surface area (Å²) in [5, 5.41) is 6.61. The second-order valence-corrected chi connectivity index (χ2v) is 9.25. The fourth-order valence-electron chi connectivity index (χ4n) is 2.66. The van der Waals surface area contributed by atoms with Gasteiger partial charge in [-0.05, 0) is 45.0 Å².